The van der Waals surface area contributed by atoms with Crippen LogP contribution in [-0.2, 0) is 27.0 Å². The van der Waals surface area contributed by atoms with Gasteiger partial charge in [-0.25, -0.2) is 19.5 Å². The van der Waals surface area contributed by atoms with Gasteiger partial charge in [0.05, 0.1) is 30.0 Å². The molecule has 0 unspecified atom stereocenters. The van der Waals surface area contributed by atoms with E-state index in [0.29, 0.717) is 43.1 Å². The third-order valence-electron chi connectivity index (χ3n) is 7.15. The highest BCUT2D eigenvalue weighted by Crippen LogP contribution is 2.50. The molecule has 1 aromatic heterocycles. The Morgan fingerprint density at radius 3 is 2.16 bits per heavy atom. The summed E-state index contributed by atoms with van der Waals surface area (Å²) in [5.74, 6) is -0.780. The molecule has 43 heavy (non-hydrogen) atoms. The number of amides is 2. The third kappa shape index (κ3) is 6.61. The number of hydrogen-bond donors (Lipinski definition) is 0. The van der Waals surface area contributed by atoms with Crippen LogP contribution in [0.2, 0.25) is 0 Å². The molecule has 2 saturated heterocycles. The van der Waals surface area contributed by atoms with Crippen molar-refractivity contribution in [3.63, 3.8) is 0 Å². The monoisotopic (exact) mass is 606 g/mol. The van der Waals surface area contributed by atoms with Crippen LogP contribution in [0.5, 0.6) is 5.75 Å². The van der Waals surface area contributed by atoms with E-state index in [2.05, 4.69) is 4.98 Å². The van der Waals surface area contributed by atoms with Crippen LogP contribution in [0.3, 0.4) is 0 Å². The normalized spacial score (nSPS) is 17.7. The van der Waals surface area contributed by atoms with Gasteiger partial charge in [-0.2, -0.15) is 13.2 Å². The number of morpholine rings is 1. The predicted molar refractivity (Wildman–Crippen MR) is 152 cm³/mol. The van der Waals surface area contributed by atoms with Crippen LogP contribution in [-0.4, -0.2) is 72.7 Å². The number of ether oxygens (including phenoxy) is 4. The number of likely N-dealkylation sites (tertiary alicyclic amines) is 1. The minimum atomic E-state index is -4.80. The molecule has 0 saturated carbocycles. The Morgan fingerprint density at radius 2 is 1.56 bits per heavy atom. The number of carbonyl (C=O) groups excluding carboxylic acids is 2. The Balaban J connectivity index is 1.61. The van der Waals surface area contributed by atoms with Gasteiger partial charge in [0, 0.05) is 44.0 Å². The Morgan fingerprint density at radius 1 is 0.930 bits per heavy atom. The van der Waals surface area contributed by atoms with Crippen LogP contribution < -0.4 is 14.5 Å². The minimum absolute atomic E-state index is 0.125. The van der Waals surface area contributed by atoms with E-state index < -0.39 is 46.8 Å². The van der Waals surface area contributed by atoms with E-state index in [9.17, 15) is 22.8 Å². The lowest BCUT2D eigenvalue weighted by atomic mass is 9.89. The zero-order valence-corrected chi connectivity index (χ0v) is 25.2. The number of carbonyl (C=O) groups is 2. The predicted octanol–water partition coefficient (Wildman–Crippen LogP) is 6.24. The van der Waals surface area contributed by atoms with Gasteiger partial charge in [0.25, 0.3) is 0 Å². The van der Waals surface area contributed by atoms with Crippen LogP contribution in [0.1, 0.15) is 64.2 Å². The SMILES string of the molecule is CC(C)(C)OC(=O)N1CC(c2cc3c(c(C(F)(F)F)c2)OCc2c(N4CCOCC4)ccnc2N3C(=O)OC(C)(C)C)C1. The lowest BCUT2D eigenvalue weighted by Gasteiger charge is -2.40. The van der Waals surface area contributed by atoms with Crippen molar-refractivity contribution in [2.45, 2.75) is 71.4 Å². The fourth-order valence-corrected chi connectivity index (χ4v) is 5.22. The van der Waals surface area contributed by atoms with Crippen molar-refractivity contribution in [1.82, 2.24) is 9.88 Å². The van der Waals surface area contributed by atoms with Crippen molar-refractivity contribution in [1.29, 1.82) is 0 Å². The van der Waals surface area contributed by atoms with Crippen molar-refractivity contribution >= 4 is 29.4 Å². The smallest absolute Gasteiger partial charge is 0.420 e. The molecule has 5 rings (SSSR count). The number of rotatable bonds is 2. The van der Waals surface area contributed by atoms with Gasteiger partial charge >= 0.3 is 18.4 Å². The Bertz CT molecular complexity index is 1390. The topological polar surface area (TPSA) is 93.7 Å². The molecule has 2 aromatic rings. The van der Waals surface area contributed by atoms with Crippen LogP contribution in [0.25, 0.3) is 0 Å². The zero-order chi connectivity index (χ0) is 31.3. The molecule has 3 aliphatic rings. The molecule has 2 fully saturated rings. The van der Waals surface area contributed by atoms with Crippen molar-refractivity contribution in [2.24, 2.45) is 0 Å². The van der Waals surface area contributed by atoms with Gasteiger partial charge in [-0.15, -0.1) is 0 Å². The van der Waals surface area contributed by atoms with E-state index in [1.807, 2.05) is 4.90 Å². The van der Waals surface area contributed by atoms with E-state index in [-0.39, 0.29) is 31.2 Å². The van der Waals surface area contributed by atoms with Crippen LogP contribution >= 0.6 is 0 Å². The third-order valence-corrected chi connectivity index (χ3v) is 7.15. The molecule has 2 amide bonds. The largest absolute Gasteiger partial charge is 0.486 e. The first-order chi connectivity index (χ1) is 20.0. The Labute approximate surface area is 248 Å². The maximum absolute atomic E-state index is 14.6. The average Bonchev–Trinajstić information content (AvgIpc) is 3.02. The van der Waals surface area contributed by atoms with Gasteiger partial charge in [-0.1, -0.05) is 0 Å². The molecule has 0 bridgehead atoms. The molecule has 0 radical (unpaired) electrons. The van der Waals surface area contributed by atoms with Crippen molar-refractivity contribution in [2.75, 3.05) is 49.2 Å². The van der Waals surface area contributed by atoms with Gasteiger partial charge in [-0.05, 0) is 65.3 Å². The number of hydrogen-bond acceptors (Lipinski definition) is 8. The summed E-state index contributed by atoms with van der Waals surface area (Å²) < 4.78 is 66.4. The number of halogens is 3. The first kappa shape index (κ1) is 30.7. The molecular weight excluding hydrogens is 569 g/mol. The van der Waals surface area contributed by atoms with Crippen molar-refractivity contribution in [3.8, 4) is 5.75 Å². The summed E-state index contributed by atoms with van der Waals surface area (Å²) in [6.07, 6.45) is -4.71. The maximum Gasteiger partial charge on any atom is 0.420 e. The summed E-state index contributed by atoms with van der Waals surface area (Å²) in [4.78, 5) is 35.3. The molecule has 0 atom stereocenters. The number of alkyl halides is 3. The second-order valence-corrected chi connectivity index (χ2v) is 12.8. The number of anilines is 3. The molecule has 1 aromatic carbocycles. The first-order valence-corrected chi connectivity index (χ1v) is 14.2. The molecular formula is C30H37F3N4O6. The zero-order valence-electron chi connectivity index (χ0n) is 25.2. The fraction of sp³-hybridized carbons (Fsp3) is 0.567. The number of aromatic nitrogens is 1. The summed E-state index contributed by atoms with van der Waals surface area (Å²) in [6.45, 7) is 12.4. The molecule has 3 aliphatic heterocycles. The average molecular weight is 607 g/mol. The van der Waals surface area contributed by atoms with Crippen LogP contribution in [0.15, 0.2) is 24.4 Å². The van der Waals surface area contributed by atoms with Gasteiger partial charge in [-0.3, -0.25) is 0 Å². The van der Waals surface area contributed by atoms with Crippen molar-refractivity contribution in [3.05, 3.63) is 41.1 Å². The summed E-state index contributed by atoms with van der Waals surface area (Å²) in [7, 11) is 0. The minimum Gasteiger partial charge on any atom is -0.486 e. The molecule has 4 heterocycles. The lowest BCUT2D eigenvalue weighted by molar-refractivity contribution is -0.139. The van der Waals surface area contributed by atoms with Gasteiger partial charge in [0.1, 0.15) is 17.8 Å². The van der Waals surface area contributed by atoms with Crippen LogP contribution in [0, 0.1) is 0 Å². The van der Waals surface area contributed by atoms with E-state index in [1.165, 1.54) is 17.2 Å². The second-order valence-electron chi connectivity index (χ2n) is 12.8. The van der Waals surface area contributed by atoms with Gasteiger partial charge in [0.2, 0.25) is 0 Å². The molecule has 10 nitrogen and oxygen atoms in total. The molecule has 13 heteroatoms. The lowest BCUT2D eigenvalue weighted by Crippen LogP contribution is -2.50. The number of benzene rings is 1. The van der Waals surface area contributed by atoms with E-state index in [1.54, 1.807) is 47.6 Å². The summed E-state index contributed by atoms with van der Waals surface area (Å²) in [6, 6.07) is 4.30. The highest BCUT2D eigenvalue weighted by Gasteiger charge is 2.43. The molecule has 234 valence electrons. The van der Waals surface area contributed by atoms with Gasteiger partial charge in [0.15, 0.2) is 11.6 Å². The van der Waals surface area contributed by atoms with Crippen LogP contribution in [0.4, 0.5) is 40.0 Å². The van der Waals surface area contributed by atoms with E-state index >= 15 is 0 Å². The highest BCUT2D eigenvalue weighted by atomic mass is 19.4. The maximum atomic E-state index is 14.6. The van der Waals surface area contributed by atoms with Crippen molar-refractivity contribution < 1.29 is 41.7 Å². The van der Waals surface area contributed by atoms with E-state index in [4.69, 9.17) is 18.9 Å². The second kappa shape index (κ2) is 11.1. The molecule has 0 aliphatic carbocycles. The number of pyridine rings is 1. The highest BCUT2D eigenvalue weighted by molar-refractivity contribution is 5.99. The Hall–Kier alpha value is -3.74. The Kier molecular flexibility index (Phi) is 7.91. The first-order valence-electron chi connectivity index (χ1n) is 14.2. The summed E-state index contributed by atoms with van der Waals surface area (Å²) >= 11 is 0. The summed E-state index contributed by atoms with van der Waals surface area (Å²) in [5, 5.41) is 0. The molecule has 0 spiro atoms. The number of fused-ring (bicyclic) bond motifs is 2. The number of nitrogens with zero attached hydrogens (tertiary/aromatic N) is 4. The summed E-state index contributed by atoms with van der Waals surface area (Å²) in [5.41, 5.74) is -1.35. The fourth-order valence-electron chi connectivity index (χ4n) is 5.22. The molecule has 0 N–H and O–H groups in total. The standard InChI is InChI=1S/C30H37F3N4O6/c1-28(2,3)42-26(38)36-15-19(16-36)18-13-21(30(31,32)33)24-23(14-18)37(27(39)43-29(4,5)6)25-20(17-41-24)22(7-8-34-25)35-9-11-40-12-10-35/h7-8,13-14,19H,9-12,15-17H2,1-6H3. The quantitative estimate of drug-likeness (QED) is 0.397. The van der Waals surface area contributed by atoms with E-state index in [0.717, 1.165) is 11.0 Å². The van der Waals surface area contributed by atoms with Gasteiger partial charge < -0.3 is 28.7 Å².